The molecule has 0 aliphatic heterocycles. The van der Waals surface area contributed by atoms with Gasteiger partial charge in [-0.3, -0.25) is 14.2 Å². The maximum Gasteiger partial charge on any atom is 0.261 e. The van der Waals surface area contributed by atoms with Crippen LogP contribution in [-0.4, -0.2) is 15.5 Å². The quantitative estimate of drug-likeness (QED) is 0.750. The van der Waals surface area contributed by atoms with E-state index in [1.54, 1.807) is 12.1 Å². The molecule has 1 amide bonds. The second-order valence-corrected chi connectivity index (χ2v) is 6.46. The van der Waals surface area contributed by atoms with Crippen LogP contribution in [-0.2, 0) is 17.9 Å². The molecule has 5 nitrogen and oxygen atoms in total. The summed E-state index contributed by atoms with van der Waals surface area (Å²) < 4.78 is 2.12. The summed E-state index contributed by atoms with van der Waals surface area (Å²) in [6, 6.07) is 13.2. The van der Waals surface area contributed by atoms with Gasteiger partial charge in [0.1, 0.15) is 6.54 Å². The summed E-state index contributed by atoms with van der Waals surface area (Å²) in [5.41, 5.74) is 2.55. The van der Waals surface area contributed by atoms with Gasteiger partial charge in [-0.2, -0.15) is 0 Å². The zero-order valence-corrected chi connectivity index (χ0v) is 14.7. The predicted molar refractivity (Wildman–Crippen MR) is 96.7 cm³/mol. The van der Waals surface area contributed by atoms with E-state index < -0.39 is 0 Å². The number of hydrogen-bond donors (Lipinski definition) is 1. The van der Waals surface area contributed by atoms with Gasteiger partial charge < -0.3 is 5.32 Å². The molecule has 0 radical (unpaired) electrons. The van der Waals surface area contributed by atoms with E-state index in [1.807, 2.05) is 37.3 Å². The van der Waals surface area contributed by atoms with Crippen LogP contribution in [0.15, 0.2) is 58.1 Å². The highest BCUT2D eigenvalue weighted by Gasteiger charge is 2.09. The number of carbonyl (C=O) groups excluding carboxylic acids is 1. The van der Waals surface area contributed by atoms with Crippen LogP contribution in [0.4, 0.5) is 0 Å². The number of halogens is 1. The highest BCUT2D eigenvalue weighted by molar-refractivity contribution is 9.10. The molecule has 0 saturated heterocycles. The van der Waals surface area contributed by atoms with E-state index in [4.69, 9.17) is 0 Å². The van der Waals surface area contributed by atoms with Crippen molar-refractivity contribution in [1.82, 2.24) is 14.9 Å². The summed E-state index contributed by atoms with van der Waals surface area (Å²) in [6.45, 7) is 2.38. The molecule has 0 unspecified atom stereocenters. The van der Waals surface area contributed by atoms with Crippen LogP contribution in [0.25, 0.3) is 10.9 Å². The minimum atomic E-state index is -0.229. The third-order valence-electron chi connectivity index (χ3n) is 3.84. The van der Waals surface area contributed by atoms with Gasteiger partial charge in [0.25, 0.3) is 5.56 Å². The van der Waals surface area contributed by atoms with Gasteiger partial charge >= 0.3 is 0 Å². The number of hydrogen-bond acceptors (Lipinski definition) is 3. The van der Waals surface area contributed by atoms with Gasteiger partial charge in [0.15, 0.2) is 0 Å². The van der Waals surface area contributed by atoms with E-state index in [9.17, 15) is 9.59 Å². The predicted octanol–water partition coefficient (Wildman–Crippen LogP) is 2.78. The van der Waals surface area contributed by atoms with Crippen LogP contribution >= 0.6 is 15.9 Å². The first-order chi connectivity index (χ1) is 11.5. The van der Waals surface area contributed by atoms with Gasteiger partial charge in [-0.05, 0) is 36.2 Å². The van der Waals surface area contributed by atoms with E-state index in [-0.39, 0.29) is 18.0 Å². The zero-order chi connectivity index (χ0) is 17.1. The van der Waals surface area contributed by atoms with E-state index in [2.05, 4.69) is 26.2 Å². The lowest BCUT2D eigenvalue weighted by molar-refractivity contribution is -0.121. The number of carbonyl (C=O) groups is 1. The smallest absolute Gasteiger partial charge is 0.261 e. The molecular formula is C18H16BrN3O2. The molecule has 1 heterocycles. The molecule has 3 aromatic rings. The lowest BCUT2D eigenvalue weighted by Gasteiger charge is -2.09. The molecule has 0 aliphatic rings. The van der Waals surface area contributed by atoms with Crippen molar-refractivity contribution >= 4 is 32.7 Å². The van der Waals surface area contributed by atoms with E-state index in [1.165, 1.54) is 10.9 Å². The summed E-state index contributed by atoms with van der Waals surface area (Å²) in [4.78, 5) is 28.8. The Balaban J connectivity index is 1.75. The Morgan fingerprint density at radius 3 is 2.83 bits per heavy atom. The Kier molecular flexibility index (Phi) is 4.76. The fourth-order valence-electron chi connectivity index (χ4n) is 2.46. The minimum absolute atomic E-state index is 0.0554. The molecule has 0 fully saturated rings. The first kappa shape index (κ1) is 16.4. The van der Waals surface area contributed by atoms with Gasteiger partial charge in [0.2, 0.25) is 5.91 Å². The van der Waals surface area contributed by atoms with E-state index in [0.29, 0.717) is 17.4 Å². The van der Waals surface area contributed by atoms with Crippen molar-refractivity contribution in [3.63, 3.8) is 0 Å². The van der Waals surface area contributed by atoms with Gasteiger partial charge in [-0.1, -0.05) is 40.2 Å². The molecule has 0 aliphatic carbocycles. The Hall–Kier alpha value is -2.47. The number of nitrogens with one attached hydrogen (secondary N) is 1. The SMILES string of the molecule is Cc1ccccc1CNC(=O)Cn1cnc2ccc(Br)cc2c1=O. The van der Waals surface area contributed by atoms with Crippen molar-refractivity contribution < 1.29 is 4.79 Å². The molecule has 1 aromatic heterocycles. The first-order valence-corrected chi connectivity index (χ1v) is 8.30. The maximum absolute atomic E-state index is 12.5. The summed E-state index contributed by atoms with van der Waals surface area (Å²) in [5.74, 6) is -0.225. The van der Waals surface area contributed by atoms with Crippen LogP contribution in [0.2, 0.25) is 0 Å². The Labute approximate surface area is 147 Å². The molecule has 1 N–H and O–H groups in total. The van der Waals surface area contributed by atoms with Crippen LogP contribution < -0.4 is 10.9 Å². The van der Waals surface area contributed by atoms with Gasteiger partial charge in [-0.25, -0.2) is 4.98 Å². The topological polar surface area (TPSA) is 64.0 Å². The van der Waals surface area contributed by atoms with Crippen LogP contribution in [0.3, 0.4) is 0 Å². The fourth-order valence-corrected chi connectivity index (χ4v) is 2.82. The van der Waals surface area contributed by atoms with Crippen molar-refractivity contribution in [2.24, 2.45) is 0 Å². The normalized spacial score (nSPS) is 10.8. The van der Waals surface area contributed by atoms with Crippen LogP contribution in [0.1, 0.15) is 11.1 Å². The van der Waals surface area contributed by atoms with E-state index >= 15 is 0 Å². The summed E-state index contributed by atoms with van der Waals surface area (Å²) in [7, 11) is 0. The van der Waals surface area contributed by atoms with Gasteiger partial charge in [0.05, 0.1) is 17.2 Å². The average Bonchev–Trinajstić information content (AvgIpc) is 2.57. The summed E-state index contributed by atoms with van der Waals surface area (Å²) >= 11 is 3.34. The molecule has 24 heavy (non-hydrogen) atoms. The molecule has 2 aromatic carbocycles. The molecule has 0 bridgehead atoms. The molecule has 0 spiro atoms. The number of aromatic nitrogens is 2. The molecule has 6 heteroatoms. The Bertz CT molecular complexity index is 966. The average molecular weight is 386 g/mol. The van der Waals surface area contributed by atoms with Gasteiger partial charge in [-0.15, -0.1) is 0 Å². The van der Waals surface area contributed by atoms with Crippen LogP contribution in [0, 0.1) is 6.92 Å². The number of rotatable bonds is 4. The summed E-state index contributed by atoms with van der Waals surface area (Å²) in [6.07, 6.45) is 1.41. The highest BCUT2D eigenvalue weighted by Crippen LogP contribution is 2.14. The maximum atomic E-state index is 12.5. The summed E-state index contributed by atoms with van der Waals surface area (Å²) in [5, 5.41) is 3.32. The molecule has 0 saturated carbocycles. The molecule has 0 atom stereocenters. The number of amides is 1. The molecular weight excluding hydrogens is 370 g/mol. The highest BCUT2D eigenvalue weighted by atomic mass is 79.9. The monoisotopic (exact) mass is 385 g/mol. The Morgan fingerprint density at radius 2 is 2.04 bits per heavy atom. The van der Waals surface area contributed by atoms with Crippen molar-refractivity contribution in [2.45, 2.75) is 20.0 Å². The van der Waals surface area contributed by atoms with Crippen molar-refractivity contribution in [3.8, 4) is 0 Å². The minimum Gasteiger partial charge on any atom is -0.350 e. The van der Waals surface area contributed by atoms with E-state index in [0.717, 1.165) is 15.6 Å². The second kappa shape index (κ2) is 6.97. The fraction of sp³-hybridized carbons (Fsp3) is 0.167. The van der Waals surface area contributed by atoms with Crippen molar-refractivity contribution in [2.75, 3.05) is 0 Å². The number of benzene rings is 2. The second-order valence-electron chi connectivity index (χ2n) is 5.54. The zero-order valence-electron chi connectivity index (χ0n) is 13.1. The standard InChI is InChI=1S/C18H16BrN3O2/c1-12-4-2-3-5-13(12)9-20-17(23)10-22-11-21-16-7-6-14(19)8-15(16)18(22)24/h2-8,11H,9-10H2,1H3,(H,20,23). The molecule has 122 valence electrons. The number of aryl methyl sites for hydroxylation is 1. The van der Waals surface area contributed by atoms with Crippen LogP contribution in [0.5, 0.6) is 0 Å². The lowest BCUT2D eigenvalue weighted by atomic mass is 10.1. The third kappa shape index (κ3) is 3.54. The van der Waals surface area contributed by atoms with Crippen molar-refractivity contribution in [3.05, 3.63) is 74.7 Å². The number of nitrogens with zero attached hydrogens (tertiary/aromatic N) is 2. The largest absolute Gasteiger partial charge is 0.350 e. The third-order valence-corrected chi connectivity index (χ3v) is 4.33. The van der Waals surface area contributed by atoms with Crippen molar-refractivity contribution in [1.29, 1.82) is 0 Å². The van der Waals surface area contributed by atoms with Gasteiger partial charge in [0, 0.05) is 11.0 Å². The molecule has 3 rings (SSSR count). The number of fused-ring (bicyclic) bond motifs is 1. The lowest BCUT2D eigenvalue weighted by Crippen LogP contribution is -2.32. The first-order valence-electron chi connectivity index (χ1n) is 7.50. The Morgan fingerprint density at radius 1 is 1.25 bits per heavy atom.